The van der Waals surface area contributed by atoms with Crippen LogP contribution in [0.2, 0.25) is 20.1 Å². The van der Waals surface area contributed by atoms with E-state index in [4.69, 9.17) is 46.4 Å². The third-order valence-electron chi connectivity index (χ3n) is 6.08. The first-order valence-electron chi connectivity index (χ1n) is 11.5. The molecule has 0 aliphatic heterocycles. The summed E-state index contributed by atoms with van der Waals surface area (Å²) >= 11 is 27.6. The first-order valence-corrected chi connectivity index (χ1v) is 13.9. The molecule has 0 spiro atoms. The van der Waals surface area contributed by atoms with Gasteiger partial charge >= 0.3 is 0 Å². The molecular weight excluding hydrogens is 634 g/mol. The van der Waals surface area contributed by atoms with E-state index in [0.29, 0.717) is 32.0 Å². The van der Waals surface area contributed by atoms with Crippen LogP contribution in [0.4, 0.5) is 11.4 Å². The topological polar surface area (TPSA) is 120 Å². The van der Waals surface area contributed by atoms with Gasteiger partial charge in [0, 0.05) is 56.3 Å². The molecule has 4 rings (SSSR count). The first kappa shape index (κ1) is 30.5. The van der Waals surface area contributed by atoms with Gasteiger partial charge in [0.25, 0.3) is 11.4 Å². The van der Waals surface area contributed by atoms with Crippen LogP contribution in [0.3, 0.4) is 0 Å². The van der Waals surface area contributed by atoms with Crippen LogP contribution < -0.4 is 0 Å². The summed E-state index contributed by atoms with van der Waals surface area (Å²) in [7, 11) is 0. The number of ketones is 2. The molecule has 13 heteroatoms. The number of benzene rings is 4. The van der Waals surface area contributed by atoms with Crippen LogP contribution in [0.15, 0.2) is 70.5 Å². The molecule has 0 heterocycles. The number of hydrogen-bond acceptors (Lipinski definition) is 7. The summed E-state index contributed by atoms with van der Waals surface area (Å²) < 4.78 is 0. The summed E-state index contributed by atoms with van der Waals surface area (Å²) in [6, 6.07) is 14.5. The molecule has 0 aliphatic rings. The summed E-state index contributed by atoms with van der Waals surface area (Å²) in [5.41, 5.74) is 1.40. The van der Waals surface area contributed by atoms with Gasteiger partial charge in [-0.25, -0.2) is 0 Å². The van der Waals surface area contributed by atoms with Gasteiger partial charge in [0.2, 0.25) is 0 Å². The molecule has 4 aromatic carbocycles. The molecule has 0 amide bonds. The summed E-state index contributed by atoms with van der Waals surface area (Å²) in [6.07, 6.45) is 0. The van der Waals surface area contributed by atoms with Crippen molar-refractivity contribution in [2.24, 2.45) is 0 Å². The highest BCUT2D eigenvalue weighted by molar-refractivity contribution is 7.99. The number of nitrogens with zero attached hydrogens (tertiary/aromatic N) is 2. The van der Waals surface area contributed by atoms with Gasteiger partial charge in [-0.15, -0.1) is 0 Å². The van der Waals surface area contributed by atoms with Crippen molar-refractivity contribution in [2.75, 3.05) is 0 Å². The number of rotatable bonds is 8. The molecule has 208 valence electrons. The molecule has 0 radical (unpaired) electrons. The maximum Gasteiger partial charge on any atom is 0.270 e. The van der Waals surface area contributed by atoms with Gasteiger partial charge in [0.15, 0.2) is 11.6 Å². The van der Waals surface area contributed by atoms with Crippen molar-refractivity contribution in [2.45, 2.75) is 23.6 Å². The van der Waals surface area contributed by atoms with E-state index in [2.05, 4.69) is 0 Å². The Morgan fingerprint density at radius 3 is 1.24 bits per heavy atom. The number of nitro groups is 2. The van der Waals surface area contributed by atoms with Crippen LogP contribution in [-0.4, -0.2) is 21.4 Å². The highest BCUT2D eigenvalue weighted by Crippen LogP contribution is 2.47. The Bertz CT molecular complexity index is 1670. The molecule has 8 nitrogen and oxygen atoms in total. The van der Waals surface area contributed by atoms with Crippen molar-refractivity contribution in [3.63, 3.8) is 0 Å². The molecule has 0 aliphatic carbocycles. The predicted molar refractivity (Wildman–Crippen MR) is 161 cm³/mol. The van der Waals surface area contributed by atoms with Crippen LogP contribution >= 0.6 is 58.2 Å². The van der Waals surface area contributed by atoms with E-state index >= 15 is 0 Å². The fraction of sp³-hybridized carbons (Fsp3) is 0.0714. The molecular formula is C28H16Cl4N2O6S. The van der Waals surface area contributed by atoms with E-state index in [1.54, 1.807) is 24.3 Å². The molecule has 0 aromatic heterocycles. The van der Waals surface area contributed by atoms with E-state index in [1.807, 2.05) is 0 Å². The van der Waals surface area contributed by atoms with Crippen molar-refractivity contribution in [1.82, 2.24) is 0 Å². The lowest BCUT2D eigenvalue weighted by molar-refractivity contribution is -0.385. The van der Waals surface area contributed by atoms with Crippen molar-refractivity contribution >= 4 is 81.1 Å². The van der Waals surface area contributed by atoms with Crippen molar-refractivity contribution in [3.8, 4) is 22.3 Å². The van der Waals surface area contributed by atoms with Crippen LogP contribution in [0.1, 0.15) is 34.6 Å². The Labute approximate surface area is 257 Å². The average molecular weight is 650 g/mol. The normalized spacial score (nSPS) is 10.9. The Morgan fingerprint density at radius 2 is 0.927 bits per heavy atom. The Hall–Kier alpha value is -3.47. The summed E-state index contributed by atoms with van der Waals surface area (Å²) in [5.74, 6) is -0.756. The number of non-ortho nitro benzene ring substituents is 2. The summed E-state index contributed by atoms with van der Waals surface area (Å²) in [5, 5.41) is 22.9. The third-order valence-corrected chi connectivity index (χ3v) is 9.19. The Morgan fingerprint density at radius 1 is 0.585 bits per heavy atom. The van der Waals surface area contributed by atoms with Crippen LogP contribution in [-0.2, 0) is 0 Å². The highest BCUT2D eigenvalue weighted by Gasteiger charge is 2.22. The largest absolute Gasteiger partial charge is 0.294 e. The predicted octanol–water partition coefficient (Wildman–Crippen LogP) is 10.0. The lowest BCUT2D eigenvalue weighted by Gasteiger charge is -2.15. The van der Waals surface area contributed by atoms with Crippen molar-refractivity contribution in [3.05, 3.63) is 112 Å². The van der Waals surface area contributed by atoms with E-state index in [9.17, 15) is 29.8 Å². The molecule has 0 bridgehead atoms. The molecule has 0 fully saturated rings. The summed E-state index contributed by atoms with van der Waals surface area (Å²) in [6.45, 7) is 2.60. The lowest BCUT2D eigenvalue weighted by atomic mass is 9.96. The Balaban J connectivity index is 1.73. The van der Waals surface area contributed by atoms with E-state index in [0.717, 1.165) is 0 Å². The monoisotopic (exact) mass is 648 g/mol. The van der Waals surface area contributed by atoms with Crippen LogP contribution in [0.25, 0.3) is 22.3 Å². The van der Waals surface area contributed by atoms with Gasteiger partial charge in [-0.1, -0.05) is 70.3 Å². The fourth-order valence-electron chi connectivity index (χ4n) is 4.10. The lowest BCUT2D eigenvalue weighted by Crippen LogP contribution is -1.99. The third kappa shape index (κ3) is 6.10. The Kier molecular flexibility index (Phi) is 9.06. The minimum absolute atomic E-state index is 0.124. The highest BCUT2D eigenvalue weighted by atomic mass is 35.5. The van der Waals surface area contributed by atoms with Crippen LogP contribution in [0, 0.1) is 20.2 Å². The minimum Gasteiger partial charge on any atom is -0.294 e. The molecule has 0 atom stereocenters. The molecule has 0 saturated heterocycles. The number of halogens is 4. The zero-order valence-electron chi connectivity index (χ0n) is 21.0. The number of hydrogen-bond donors (Lipinski definition) is 0. The average Bonchev–Trinajstić information content (AvgIpc) is 2.93. The number of nitro benzene ring substituents is 2. The van der Waals surface area contributed by atoms with Gasteiger partial charge in [-0.3, -0.25) is 29.8 Å². The SMILES string of the molecule is CC(=O)c1cc([N+](=O)[O-])ccc1-c1ccc(Sc2ccc(-c3ccc([N+](=O)[O-])cc3C(C)=O)c(Cl)c2Cl)c(Cl)c1Cl. The molecule has 4 aromatic rings. The molecule has 0 N–H and O–H groups in total. The minimum atomic E-state index is -0.590. The maximum atomic E-state index is 12.2. The first-order chi connectivity index (χ1) is 19.3. The maximum absolute atomic E-state index is 12.2. The van der Waals surface area contributed by atoms with E-state index < -0.39 is 9.85 Å². The van der Waals surface area contributed by atoms with E-state index in [1.165, 1.54) is 62.0 Å². The zero-order chi connectivity index (χ0) is 30.2. The second-order valence-corrected chi connectivity index (χ2v) is 11.3. The molecule has 0 saturated carbocycles. The number of carbonyl (C=O) groups is 2. The van der Waals surface area contributed by atoms with Gasteiger partial charge in [-0.2, -0.15) is 0 Å². The fourth-order valence-corrected chi connectivity index (χ4v) is 6.20. The molecule has 0 unspecified atom stereocenters. The van der Waals surface area contributed by atoms with Gasteiger partial charge in [-0.05, 0) is 49.2 Å². The summed E-state index contributed by atoms with van der Waals surface area (Å²) in [4.78, 5) is 46.7. The van der Waals surface area contributed by atoms with E-state index in [-0.39, 0.29) is 54.2 Å². The zero-order valence-corrected chi connectivity index (χ0v) is 24.9. The number of carbonyl (C=O) groups excluding carboxylic acids is 2. The second kappa shape index (κ2) is 12.2. The van der Waals surface area contributed by atoms with Crippen molar-refractivity contribution in [1.29, 1.82) is 0 Å². The standard InChI is InChI=1S/C28H16Cl4N2O6S/c1-13(35)21-11-15(33(37)38)3-5-17(21)19-7-9-23(27(31)25(19)29)41-24-10-8-20(26(30)28(24)32)18-6-4-16(34(39)40)12-22(18)14(2)36/h3-12H,1-2H3. The van der Waals surface area contributed by atoms with Gasteiger partial charge in [0.05, 0.1) is 29.9 Å². The van der Waals surface area contributed by atoms with Gasteiger partial charge < -0.3 is 0 Å². The van der Waals surface area contributed by atoms with Crippen molar-refractivity contribution < 1.29 is 19.4 Å². The molecule has 41 heavy (non-hydrogen) atoms. The second-order valence-electron chi connectivity index (χ2n) is 8.67. The quantitative estimate of drug-likeness (QED) is 0.106. The smallest absolute Gasteiger partial charge is 0.270 e. The van der Waals surface area contributed by atoms with Crippen LogP contribution in [0.5, 0.6) is 0 Å². The number of Topliss-reactive ketones (excluding diaryl/α,β-unsaturated/α-hetero) is 2. The van der Waals surface area contributed by atoms with Gasteiger partial charge in [0.1, 0.15) is 0 Å².